The van der Waals surface area contributed by atoms with Gasteiger partial charge in [0.2, 0.25) is 5.91 Å². The molecule has 182 valence electrons. The third-order valence-electron chi connectivity index (χ3n) is 5.42. The molecule has 3 amide bonds. The van der Waals surface area contributed by atoms with E-state index in [1.165, 1.54) is 44.6 Å². The van der Waals surface area contributed by atoms with Crippen molar-refractivity contribution in [3.8, 4) is 11.5 Å². The summed E-state index contributed by atoms with van der Waals surface area (Å²) >= 11 is 6.15. The van der Waals surface area contributed by atoms with E-state index in [4.69, 9.17) is 21.1 Å². The number of anilines is 2. The lowest BCUT2D eigenvalue weighted by molar-refractivity contribution is -0.119. The summed E-state index contributed by atoms with van der Waals surface area (Å²) in [5.74, 6) is 0.129. The average molecular weight is 516 g/mol. The lowest BCUT2D eigenvalue weighted by Gasteiger charge is -2.36. The van der Waals surface area contributed by atoms with Gasteiger partial charge in [0.05, 0.1) is 25.6 Å². The second-order valence-electron chi connectivity index (χ2n) is 7.51. The fraction of sp³-hybridized carbons (Fsp3) is 0.167. The Morgan fingerprint density at radius 1 is 0.971 bits per heavy atom. The van der Waals surface area contributed by atoms with Gasteiger partial charge in [-0.05, 0) is 35.9 Å². The molecule has 4 rings (SSSR count). The molecule has 0 spiro atoms. The normalized spacial score (nSPS) is 14.3. The number of ether oxygens (including phenoxy) is 2. The van der Waals surface area contributed by atoms with Gasteiger partial charge >= 0.3 is 6.03 Å². The molecule has 1 aliphatic rings. The quantitative estimate of drug-likeness (QED) is 0.513. The topological polar surface area (TPSA) is 105 Å². The van der Waals surface area contributed by atoms with Crippen LogP contribution in [0.15, 0.2) is 71.6 Å². The molecular formula is C24H22ClN3O6S. The highest BCUT2D eigenvalue weighted by molar-refractivity contribution is 7.94. The Labute approximate surface area is 207 Å². The van der Waals surface area contributed by atoms with Crippen LogP contribution in [0.2, 0.25) is 5.02 Å². The molecule has 9 nitrogen and oxygen atoms in total. The van der Waals surface area contributed by atoms with E-state index in [9.17, 15) is 18.0 Å². The van der Waals surface area contributed by atoms with Crippen LogP contribution in [0.25, 0.3) is 0 Å². The highest BCUT2D eigenvalue weighted by Crippen LogP contribution is 2.39. The van der Waals surface area contributed by atoms with Crippen LogP contribution in [0.3, 0.4) is 0 Å². The third-order valence-corrected chi connectivity index (χ3v) is 7.53. The number of methoxy groups -OCH3 is 2. The molecule has 3 aromatic carbocycles. The second kappa shape index (κ2) is 9.85. The summed E-state index contributed by atoms with van der Waals surface area (Å²) in [5, 5.41) is 3.22. The number of para-hydroxylation sites is 1. The van der Waals surface area contributed by atoms with Crippen molar-refractivity contribution in [3.63, 3.8) is 0 Å². The summed E-state index contributed by atoms with van der Waals surface area (Å²) in [6.07, 6.45) is 0. The molecule has 0 saturated heterocycles. The predicted molar refractivity (Wildman–Crippen MR) is 132 cm³/mol. The van der Waals surface area contributed by atoms with Crippen LogP contribution in [0.5, 0.6) is 11.5 Å². The summed E-state index contributed by atoms with van der Waals surface area (Å²) in [7, 11) is -1.42. The standard InChI is InChI=1S/C24H22ClN3O6S/c1-33-20-12-11-17(13-21(20)34-2)28-24(30)27(19-9-5-6-10-22(19)35(28,31)32)15-23(29)26-14-16-7-3-4-8-18(16)25/h3-13H,14-15H2,1-2H3,(H,26,29). The Bertz CT molecular complexity index is 1400. The molecule has 3 aromatic rings. The fourth-order valence-corrected chi connectivity index (χ4v) is 5.49. The molecule has 1 heterocycles. The van der Waals surface area contributed by atoms with Gasteiger partial charge in [0, 0.05) is 17.6 Å². The van der Waals surface area contributed by atoms with Gasteiger partial charge in [-0.2, -0.15) is 4.31 Å². The van der Waals surface area contributed by atoms with E-state index in [0.717, 1.165) is 4.90 Å². The van der Waals surface area contributed by atoms with E-state index in [0.29, 0.717) is 20.6 Å². The third kappa shape index (κ3) is 4.62. The molecule has 1 aliphatic heterocycles. The van der Waals surface area contributed by atoms with Gasteiger partial charge in [-0.15, -0.1) is 0 Å². The highest BCUT2D eigenvalue weighted by atomic mass is 35.5. The monoisotopic (exact) mass is 515 g/mol. The largest absolute Gasteiger partial charge is 0.493 e. The number of halogens is 1. The zero-order valence-corrected chi connectivity index (χ0v) is 20.5. The minimum atomic E-state index is -4.26. The van der Waals surface area contributed by atoms with E-state index in [1.807, 2.05) is 0 Å². The Balaban J connectivity index is 1.68. The molecule has 11 heteroatoms. The highest BCUT2D eigenvalue weighted by Gasteiger charge is 2.43. The number of nitrogens with zero attached hydrogens (tertiary/aromatic N) is 2. The van der Waals surface area contributed by atoms with E-state index >= 15 is 0 Å². The molecule has 0 fully saturated rings. The molecule has 0 aliphatic carbocycles. The van der Waals surface area contributed by atoms with Crippen LogP contribution in [-0.2, 0) is 21.4 Å². The van der Waals surface area contributed by atoms with E-state index in [1.54, 1.807) is 36.4 Å². The molecule has 1 N–H and O–H groups in total. The first-order chi connectivity index (χ1) is 16.8. The number of hydrogen-bond donors (Lipinski definition) is 1. The molecule has 0 atom stereocenters. The van der Waals surface area contributed by atoms with Crippen molar-refractivity contribution >= 4 is 44.9 Å². The van der Waals surface area contributed by atoms with Crippen LogP contribution in [-0.4, -0.2) is 41.1 Å². The lowest BCUT2D eigenvalue weighted by atomic mass is 10.2. The maximum absolute atomic E-state index is 13.5. The maximum atomic E-state index is 13.5. The summed E-state index contributed by atoms with van der Waals surface area (Å²) in [4.78, 5) is 27.3. The number of urea groups is 1. The van der Waals surface area contributed by atoms with Crippen molar-refractivity contribution in [3.05, 3.63) is 77.3 Å². The Morgan fingerprint density at radius 3 is 2.37 bits per heavy atom. The molecule has 0 radical (unpaired) electrons. The van der Waals surface area contributed by atoms with Crippen LogP contribution in [0.1, 0.15) is 5.56 Å². The number of rotatable bonds is 7. The SMILES string of the molecule is COc1ccc(N2C(=O)N(CC(=O)NCc3ccccc3Cl)c3ccccc3S2(=O)=O)cc1OC. The van der Waals surface area contributed by atoms with Crippen LogP contribution < -0.4 is 24.0 Å². The van der Waals surface area contributed by atoms with Gasteiger partial charge in [0.15, 0.2) is 11.5 Å². The minimum Gasteiger partial charge on any atom is -0.493 e. The fourth-order valence-electron chi connectivity index (χ4n) is 3.70. The summed E-state index contributed by atoms with van der Waals surface area (Å²) < 4.78 is 38.0. The summed E-state index contributed by atoms with van der Waals surface area (Å²) in [6, 6.07) is 16.5. The number of sulfonamides is 1. The number of carbonyl (C=O) groups excluding carboxylic acids is 2. The van der Waals surface area contributed by atoms with Gasteiger partial charge in [-0.3, -0.25) is 9.69 Å². The first kappa shape index (κ1) is 24.4. The maximum Gasteiger partial charge on any atom is 0.343 e. The zero-order valence-electron chi connectivity index (χ0n) is 18.9. The van der Waals surface area contributed by atoms with Crippen molar-refractivity contribution in [2.24, 2.45) is 0 Å². The zero-order chi connectivity index (χ0) is 25.2. The van der Waals surface area contributed by atoms with Gasteiger partial charge in [-0.25, -0.2) is 13.2 Å². The average Bonchev–Trinajstić information content (AvgIpc) is 2.86. The molecule has 0 saturated carbocycles. The smallest absolute Gasteiger partial charge is 0.343 e. The molecule has 0 bridgehead atoms. The summed E-state index contributed by atoms with van der Waals surface area (Å²) in [5.41, 5.74) is 0.869. The lowest BCUT2D eigenvalue weighted by Crippen LogP contribution is -2.53. The number of nitrogens with one attached hydrogen (secondary N) is 1. The minimum absolute atomic E-state index is 0.0450. The van der Waals surface area contributed by atoms with E-state index in [2.05, 4.69) is 5.32 Å². The Hall–Kier alpha value is -3.76. The van der Waals surface area contributed by atoms with Crippen molar-refractivity contribution in [1.82, 2.24) is 5.32 Å². The molecule has 0 aromatic heterocycles. The van der Waals surface area contributed by atoms with Gasteiger partial charge in [-0.1, -0.05) is 41.9 Å². The van der Waals surface area contributed by atoms with Crippen molar-refractivity contribution in [1.29, 1.82) is 0 Å². The van der Waals surface area contributed by atoms with Gasteiger partial charge in [0.1, 0.15) is 11.4 Å². The van der Waals surface area contributed by atoms with Crippen LogP contribution >= 0.6 is 11.6 Å². The van der Waals surface area contributed by atoms with E-state index < -0.39 is 28.5 Å². The van der Waals surface area contributed by atoms with Crippen molar-refractivity contribution in [2.75, 3.05) is 30.0 Å². The first-order valence-corrected chi connectivity index (χ1v) is 12.3. The van der Waals surface area contributed by atoms with Crippen molar-refractivity contribution in [2.45, 2.75) is 11.4 Å². The molecular weight excluding hydrogens is 494 g/mol. The summed E-state index contributed by atoms with van der Waals surface area (Å²) in [6.45, 7) is -0.251. The first-order valence-electron chi connectivity index (χ1n) is 10.5. The predicted octanol–water partition coefficient (Wildman–Crippen LogP) is 3.81. The molecule has 35 heavy (non-hydrogen) atoms. The second-order valence-corrected chi connectivity index (χ2v) is 9.68. The van der Waals surface area contributed by atoms with Gasteiger partial charge < -0.3 is 14.8 Å². The van der Waals surface area contributed by atoms with E-state index in [-0.39, 0.29) is 28.6 Å². The van der Waals surface area contributed by atoms with Crippen molar-refractivity contribution < 1.29 is 27.5 Å². The Kier molecular flexibility index (Phi) is 6.86. The number of hydrogen-bond acceptors (Lipinski definition) is 6. The van der Waals surface area contributed by atoms with Crippen LogP contribution in [0, 0.1) is 0 Å². The Morgan fingerprint density at radius 2 is 1.66 bits per heavy atom. The number of benzene rings is 3. The van der Waals surface area contributed by atoms with Gasteiger partial charge in [0.25, 0.3) is 10.0 Å². The van der Waals surface area contributed by atoms with Crippen LogP contribution in [0.4, 0.5) is 16.2 Å². The number of carbonyl (C=O) groups is 2. The molecule has 0 unspecified atom stereocenters. The number of amides is 3. The number of fused-ring (bicyclic) bond motifs is 1.